The zero-order valence-electron chi connectivity index (χ0n) is 15.3. The van der Waals surface area contributed by atoms with Crippen LogP contribution in [0.4, 0.5) is 0 Å². The maximum Gasteiger partial charge on any atom is 0.122 e. The first kappa shape index (κ1) is 19.2. The summed E-state index contributed by atoms with van der Waals surface area (Å²) in [5, 5.41) is 11.0. The van der Waals surface area contributed by atoms with Crippen LogP contribution in [0.15, 0.2) is 48.5 Å². The fraction of sp³-hybridized carbons (Fsp3) is 0.429. The Bertz CT molecular complexity index is 688. The molecule has 0 saturated carbocycles. The first-order chi connectivity index (χ1) is 12.6. The van der Waals surface area contributed by atoms with Gasteiger partial charge in [0.15, 0.2) is 0 Å². The molecule has 0 aromatic heterocycles. The number of nitrogens with zero attached hydrogens (tertiary/aromatic N) is 2. The fourth-order valence-corrected chi connectivity index (χ4v) is 3.51. The minimum Gasteiger partial charge on any atom is -0.491 e. The van der Waals surface area contributed by atoms with Crippen LogP contribution in [-0.2, 0) is 6.54 Å². The summed E-state index contributed by atoms with van der Waals surface area (Å²) in [5.74, 6) is 0.779. The molecule has 1 saturated heterocycles. The third-order valence-corrected chi connectivity index (χ3v) is 4.99. The molecule has 1 atom stereocenters. The predicted molar refractivity (Wildman–Crippen MR) is 106 cm³/mol. The number of aryl methyl sites for hydroxylation is 1. The van der Waals surface area contributed by atoms with Gasteiger partial charge in [0.25, 0.3) is 0 Å². The molecule has 1 aliphatic heterocycles. The maximum absolute atomic E-state index is 10.3. The van der Waals surface area contributed by atoms with Crippen molar-refractivity contribution in [3.63, 3.8) is 0 Å². The summed E-state index contributed by atoms with van der Waals surface area (Å²) in [6.07, 6.45) is -0.495. The van der Waals surface area contributed by atoms with Crippen LogP contribution in [0.3, 0.4) is 0 Å². The summed E-state index contributed by atoms with van der Waals surface area (Å²) in [6.45, 7) is 7.90. The zero-order valence-corrected chi connectivity index (χ0v) is 16.0. The molecule has 1 aliphatic rings. The molecular weight excluding hydrogens is 348 g/mol. The van der Waals surface area contributed by atoms with E-state index in [1.165, 1.54) is 5.56 Å². The predicted octanol–water partition coefficient (Wildman–Crippen LogP) is 3.21. The Hall–Kier alpha value is -1.59. The Morgan fingerprint density at radius 3 is 2.42 bits per heavy atom. The summed E-state index contributed by atoms with van der Waals surface area (Å²) >= 11 is 5.96. The van der Waals surface area contributed by atoms with Gasteiger partial charge in [0.1, 0.15) is 18.5 Å². The molecule has 2 aromatic rings. The Kier molecular flexibility index (Phi) is 6.92. The molecule has 0 radical (unpaired) electrons. The van der Waals surface area contributed by atoms with Gasteiger partial charge >= 0.3 is 0 Å². The lowest BCUT2D eigenvalue weighted by molar-refractivity contribution is 0.0445. The van der Waals surface area contributed by atoms with Crippen molar-refractivity contribution in [2.24, 2.45) is 0 Å². The number of benzene rings is 2. The summed E-state index contributed by atoms with van der Waals surface area (Å²) in [6, 6.07) is 16.1. The lowest BCUT2D eigenvalue weighted by atomic mass is 10.2. The minimum atomic E-state index is -0.495. The van der Waals surface area contributed by atoms with E-state index in [0.29, 0.717) is 18.2 Å². The molecule has 26 heavy (non-hydrogen) atoms. The third kappa shape index (κ3) is 5.71. The van der Waals surface area contributed by atoms with Gasteiger partial charge in [0.2, 0.25) is 0 Å². The summed E-state index contributed by atoms with van der Waals surface area (Å²) in [7, 11) is 0. The molecule has 1 heterocycles. The number of ether oxygens (including phenoxy) is 1. The molecule has 3 rings (SSSR count). The fourth-order valence-electron chi connectivity index (χ4n) is 3.28. The number of aliphatic hydroxyl groups excluding tert-OH is 1. The number of hydrogen-bond donors (Lipinski definition) is 1. The first-order valence-corrected chi connectivity index (χ1v) is 9.53. The average Bonchev–Trinajstić information content (AvgIpc) is 2.63. The van der Waals surface area contributed by atoms with Gasteiger partial charge in [0, 0.05) is 44.3 Å². The standard InChI is InChI=1S/C21H27ClN2O2/c1-17-13-19(22)7-8-21(17)26-16-20(25)15-24-11-9-23(10-12-24)14-18-5-3-2-4-6-18/h2-8,13,20,25H,9-12,14-16H2,1H3/t20-/m0/s1. The zero-order chi connectivity index (χ0) is 18.4. The van der Waals surface area contributed by atoms with E-state index in [-0.39, 0.29) is 0 Å². The van der Waals surface area contributed by atoms with Crippen LogP contribution in [0.5, 0.6) is 5.75 Å². The Labute approximate surface area is 160 Å². The second-order valence-corrected chi connectivity index (χ2v) is 7.37. The highest BCUT2D eigenvalue weighted by molar-refractivity contribution is 6.30. The Morgan fingerprint density at radius 1 is 1.04 bits per heavy atom. The van der Waals surface area contributed by atoms with Crippen molar-refractivity contribution >= 4 is 11.6 Å². The average molecular weight is 375 g/mol. The summed E-state index contributed by atoms with van der Waals surface area (Å²) in [4.78, 5) is 4.77. The lowest BCUT2D eigenvalue weighted by Gasteiger charge is -2.35. The quantitative estimate of drug-likeness (QED) is 0.807. The number of rotatable bonds is 7. The van der Waals surface area contributed by atoms with E-state index < -0.39 is 6.10 Å². The van der Waals surface area contributed by atoms with E-state index in [2.05, 4.69) is 40.1 Å². The van der Waals surface area contributed by atoms with Crippen molar-refractivity contribution < 1.29 is 9.84 Å². The Balaban J connectivity index is 1.38. The van der Waals surface area contributed by atoms with Crippen molar-refractivity contribution in [2.75, 3.05) is 39.3 Å². The molecule has 0 bridgehead atoms. The number of aliphatic hydroxyl groups is 1. The molecule has 0 spiro atoms. The van der Waals surface area contributed by atoms with Crippen LogP contribution in [-0.4, -0.2) is 60.3 Å². The molecule has 2 aromatic carbocycles. The van der Waals surface area contributed by atoms with Crippen molar-refractivity contribution in [1.82, 2.24) is 9.80 Å². The van der Waals surface area contributed by atoms with Crippen LogP contribution >= 0.6 is 11.6 Å². The van der Waals surface area contributed by atoms with E-state index in [1.807, 2.05) is 25.1 Å². The molecule has 1 N–H and O–H groups in total. The van der Waals surface area contributed by atoms with Crippen LogP contribution in [0.2, 0.25) is 5.02 Å². The van der Waals surface area contributed by atoms with Crippen LogP contribution < -0.4 is 4.74 Å². The normalized spacial score (nSPS) is 17.2. The lowest BCUT2D eigenvalue weighted by Crippen LogP contribution is -2.48. The minimum absolute atomic E-state index is 0.298. The van der Waals surface area contributed by atoms with Gasteiger partial charge < -0.3 is 9.84 Å². The van der Waals surface area contributed by atoms with Crippen molar-refractivity contribution in [3.8, 4) is 5.75 Å². The van der Waals surface area contributed by atoms with Crippen molar-refractivity contribution in [1.29, 1.82) is 0 Å². The van der Waals surface area contributed by atoms with Gasteiger partial charge in [-0.05, 0) is 36.2 Å². The molecule has 140 valence electrons. The van der Waals surface area contributed by atoms with Crippen LogP contribution in [0.25, 0.3) is 0 Å². The molecule has 4 nitrogen and oxygen atoms in total. The SMILES string of the molecule is Cc1cc(Cl)ccc1OC[C@@H](O)CN1CCN(Cc2ccccc2)CC1. The molecule has 0 aliphatic carbocycles. The van der Waals surface area contributed by atoms with Crippen molar-refractivity contribution in [2.45, 2.75) is 19.6 Å². The second kappa shape index (κ2) is 9.38. The van der Waals surface area contributed by atoms with Crippen molar-refractivity contribution in [3.05, 3.63) is 64.7 Å². The van der Waals surface area contributed by atoms with Gasteiger partial charge in [-0.15, -0.1) is 0 Å². The number of hydrogen-bond acceptors (Lipinski definition) is 4. The van der Waals surface area contributed by atoms with E-state index in [1.54, 1.807) is 0 Å². The van der Waals surface area contributed by atoms with Crippen LogP contribution in [0, 0.1) is 6.92 Å². The highest BCUT2D eigenvalue weighted by Crippen LogP contribution is 2.22. The highest BCUT2D eigenvalue weighted by atomic mass is 35.5. The summed E-state index contributed by atoms with van der Waals surface area (Å²) in [5.41, 5.74) is 2.34. The number of β-amino-alcohol motifs (C(OH)–C–C–N with tert-alkyl or cyclic N) is 1. The molecule has 0 unspecified atom stereocenters. The monoisotopic (exact) mass is 374 g/mol. The van der Waals surface area contributed by atoms with E-state index >= 15 is 0 Å². The number of halogens is 1. The van der Waals surface area contributed by atoms with E-state index in [0.717, 1.165) is 44.0 Å². The smallest absolute Gasteiger partial charge is 0.122 e. The van der Waals surface area contributed by atoms with Gasteiger partial charge in [-0.2, -0.15) is 0 Å². The van der Waals surface area contributed by atoms with E-state index in [9.17, 15) is 5.11 Å². The summed E-state index contributed by atoms with van der Waals surface area (Å²) < 4.78 is 5.75. The largest absolute Gasteiger partial charge is 0.491 e. The molecule has 1 fully saturated rings. The second-order valence-electron chi connectivity index (χ2n) is 6.94. The van der Waals surface area contributed by atoms with Crippen LogP contribution in [0.1, 0.15) is 11.1 Å². The first-order valence-electron chi connectivity index (χ1n) is 9.16. The molecular formula is C21H27ClN2O2. The highest BCUT2D eigenvalue weighted by Gasteiger charge is 2.19. The van der Waals surface area contributed by atoms with Gasteiger partial charge in [-0.3, -0.25) is 9.80 Å². The maximum atomic E-state index is 10.3. The third-order valence-electron chi connectivity index (χ3n) is 4.75. The molecule has 5 heteroatoms. The van der Waals surface area contributed by atoms with Gasteiger partial charge in [0.05, 0.1) is 0 Å². The van der Waals surface area contributed by atoms with E-state index in [4.69, 9.17) is 16.3 Å². The van der Waals surface area contributed by atoms with Gasteiger partial charge in [-0.25, -0.2) is 0 Å². The number of piperazine rings is 1. The van der Waals surface area contributed by atoms with Gasteiger partial charge in [-0.1, -0.05) is 41.9 Å². The molecule has 0 amide bonds. The topological polar surface area (TPSA) is 35.9 Å². The Morgan fingerprint density at radius 2 is 1.73 bits per heavy atom.